The molecule has 2 aromatic carbocycles. The monoisotopic (exact) mass is 444 g/mol. The predicted octanol–water partition coefficient (Wildman–Crippen LogP) is 5.09. The van der Waals surface area contributed by atoms with E-state index in [1.54, 1.807) is 17.0 Å². The first-order valence-electron chi connectivity index (χ1n) is 10.6. The van der Waals surface area contributed by atoms with Gasteiger partial charge in [0, 0.05) is 17.8 Å². The van der Waals surface area contributed by atoms with Gasteiger partial charge in [0.05, 0.1) is 5.75 Å². The highest BCUT2D eigenvalue weighted by Gasteiger charge is 2.30. The molecule has 0 radical (unpaired) electrons. The van der Waals surface area contributed by atoms with Crippen molar-refractivity contribution in [2.45, 2.75) is 64.9 Å². The third-order valence-electron chi connectivity index (χ3n) is 4.89. The van der Waals surface area contributed by atoms with Crippen LogP contribution >= 0.6 is 11.8 Å². The first-order valence-corrected chi connectivity index (χ1v) is 11.7. The van der Waals surface area contributed by atoms with Crippen molar-refractivity contribution in [3.05, 3.63) is 71.0 Å². The molecule has 0 bridgehead atoms. The molecule has 1 N–H and O–H groups in total. The molecule has 0 aromatic heterocycles. The van der Waals surface area contributed by atoms with E-state index in [0.29, 0.717) is 6.42 Å². The second kappa shape index (κ2) is 11.3. The molecule has 0 fully saturated rings. The number of halogens is 1. The number of rotatable bonds is 9. The van der Waals surface area contributed by atoms with Gasteiger partial charge in [-0.2, -0.15) is 0 Å². The Morgan fingerprint density at radius 1 is 1.10 bits per heavy atom. The fraction of sp³-hybridized carbons (Fsp3) is 0.440. The third kappa shape index (κ3) is 8.02. The van der Waals surface area contributed by atoms with Crippen molar-refractivity contribution < 1.29 is 14.0 Å². The number of carbonyl (C=O) groups excluding carboxylic acids is 2. The van der Waals surface area contributed by atoms with Gasteiger partial charge in [-0.25, -0.2) is 4.39 Å². The minimum absolute atomic E-state index is 0.0983. The van der Waals surface area contributed by atoms with Gasteiger partial charge in [0.2, 0.25) is 11.8 Å². The van der Waals surface area contributed by atoms with E-state index >= 15 is 0 Å². The van der Waals surface area contributed by atoms with Crippen LogP contribution in [0.1, 0.15) is 50.8 Å². The summed E-state index contributed by atoms with van der Waals surface area (Å²) in [6.07, 6.45) is 0.497. The van der Waals surface area contributed by atoms with Crippen molar-refractivity contribution in [1.29, 1.82) is 0 Å². The Kier molecular flexibility index (Phi) is 9.11. The van der Waals surface area contributed by atoms with Gasteiger partial charge in [-0.1, -0.05) is 43.3 Å². The molecule has 0 aliphatic rings. The van der Waals surface area contributed by atoms with Crippen LogP contribution < -0.4 is 5.32 Å². The first-order chi connectivity index (χ1) is 14.6. The van der Waals surface area contributed by atoms with Crippen LogP contribution in [0.5, 0.6) is 0 Å². The minimum Gasteiger partial charge on any atom is -0.350 e. The largest absolute Gasteiger partial charge is 0.350 e. The zero-order chi connectivity index (χ0) is 23.0. The molecule has 2 rings (SSSR count). The number of hydrogen-bond acceptors (Lipinski definition) is 3. The van der Waals surface area contributed by atoms with Crippen molar-refractivity contribution in [2.24, 2.45) is 0 Å². The van der Waals surface area contributed by atoms with Crippen LogP contribution in [0.3, 0.4) is 0 Å². The summed E-state index contributed by atoms with van der Waals surface area (Å²) >= 11 is 1.54. The molecule has 0 aliphatic heterocycles. The highest BCUT2D eigenvalue weighted by Crippen LogP contribution is 2.19. The summed E-state index contributed by atoms with van der Waals surface area (Å²) in [5, 5.41) is 2.99. The zero-order valence-electron chi connectivity index (χ0n) is 19.1. The molecule has 0 unspecified atom stereocenters. The Morgan fingerprint density at radius 3 is 2.32 bits per heavy atom. The molecule has 1 atom stereocenters. The number of hydrogen-bond donors (Lipinski definition) is 1. The van der Waals surface area contributed by atoms with Crippen LogP contribution in [-0.4, -0.2) is 34.0 Å². The number of thioether (sulfide) groups is 1. The SMILES string of the molecule is CC[C@H](C(=O)NC(C)(C)C)N(Cc1ccc(F)cc1)C(=O)CSCc1ccccc1C. The van der Waals surface area contributed by atoms with Crippen LogP contribution in [0, 0.1) is 12.7 Å². The lowest BCUT2D eigenvalue weighted by atomic mass is 10.1. The quantitative estimate of drug-likeness (QED) is 0.586. The molecule has 4 nitrogen and oxygen atoms in total. The van der Waals surface area contributed by atoms with E-state index in [9.17, 15) is 14.0 Å². The molecule has 0 spiro atoms. The zero-order valence-corrected chi connectivity index (χ0v) is 19.9. The number of benzene rings is 2. The van der Waals surface area contributed by atoms with Crippen molar-refractivity contribution in [1.82, 2.24) is 10.2 Å². The van der Waals surface area contributed by atoms with Gasteiger partial charge < -0.3 is 10.2 Å². The molecular formula is C25H33FN2O2S. The van der Waals surface area contributed by atoms with Crippen molar-refractivity contribution in [3.8, 4) is 0 Å². The topological polar surface area (TPSA) is 49.4 Å². The van der Waals surface area contributed by atoms with E-state index in [0.717, 1.165) is 11.3 Å². The van der Waals surface area contributed by atoms with Gasteiger partial charge in [-0.3, -0.25) is 9.59 Å². The standard InChI is InChI=1S/C25H33FN2O2S/c1-6-22(24(30)27-25(3,4)5)28(15-19-11-13-21(26)14-12-19)23(29)17-31-16-20-10-8-7-9-18(20)2/h7-14,22H,6,15-17H2,1-5H3,(H,27,30)/t22-/m1/s1. The number of amides is 2. The average molecular weight is 445 g/mol. The Morgan fingerprint density at radius 2 is 1.74 bits per heavy atom. The molecule has 0 saturated heterocycles. The molecule has 6 heteroatoms. The smallest absolute Gasteiger partial charge is 0.243 e. The Labute approximate surface area is 189 Å². The van der Waals surface area contributed by atoms with Crippen LogP contribution in [0.4, 0.5) is 4.39 Å². The van der Waals surface area contributed by atoms with E-state index in [4.69, 9.17) is 0 Å². The van der Waals surface area contributed by atoms with E-state index in [-0.39, 0.29) is 29.9 Å². The van der Waals surface area contributed by atoms with Crippen LogP contribution in [0.25, 0.3) is 0 Å². The Bertz CT molecular complexity index is 878. The van der Waals surface area contributed by atoms with Gasteiger partial charge in [-0.15, -0.1) is 11.8 Å². The maximum Gasteiger partial charge on any atom is 0.243 e. The summed E-state index contributed by atoms with van der Waals surface area (Å²) in [7, 11) is 0. The van der Waals surface area contributed by atoms with E-state index < -0.39 is 11.6 Å². The summed E-state index contributed by atoms with van der Waals surface area (Å²) in [5.74, 6) is 0.406. The van der Waals surface area contributed by atoms with Crippen LogP contribution in [-0.2, 0) is 21.9 Å². The number of carbonyl (C=O) groups is 2. The van der Waals surface area contributed by atoms with Gasteiger partial charge in [0.15, 0.2) is 0 Å². The maximum atomic E-state index is 13.3. The van der Waals surface area contributed by atoms with Gasteiger partial charge in [0.25, 0.3) is 0 Å². The summed E-state index contributed by atoms with van der Waals surface area (Å²) in [6, 6.07) is 13.6. The molecule has 0 heterocycles. The van der Waals surface area contributed by atoms with Crippen LogP contribution in [0.15, 0.2) is 48.5 Å². The summed E-state index contributed by atoms with van der Waals surface area (Å²) in [4.78, 5) is 27.8. The predicted molar refractivity (Wildman–Crippen MR) is 126 cm³/mol. The molecule has 2 aromatic rings. The van der Waals surface area contributed by atoms with Gasteiger partial charge in [-0.05, 0) is 62.9 Å². The average Bonchev–Trinajstić information content (AvgIpc) is 2.69. The summed E-state index contributed by atoms with van der Waals surface area (Å²) < 4.78 is 13.3. The molecule has 168 valence electrons. The van der Waals surface area contributed by atoms with Gasteiger partial charge in [0.1, 0.15) is 11.9 Å². The molecule has 31 heavy (non-hydrogen) atoms. The molecular weight excluding hydrogens is 411 g/mol. The van der Waals surface area contributed by atoms with E-state index in [1.165, 1.54) is 35.0 Å². The Hall–Kier alpha value is -2.34. The normalized spacial score (nSPS) is 12.3. The van der Waals surface area contributed by atoms with Crippen molar-refractivity contribution in [2.75, 3.05) is 5.75 Å². The molecule has 2 amide bonds. The molecule has 0 aliphatic carbocycles. The highest BCUT2D eigenvalue weighted by molar-refractivity contribution is 7.99. The maximum absolute atomic E-state index is 13.3. The Balaban J connectivity index is 2.16. The van der Waals surface area contributed by atoms with Gasteiger partial charge >= 0.3 is 0 Å². The van der Waals surface area contributed by atoms with E-state index in [2.05, 4.69) is 24.4 Å². The van der Waals surface area contributed by atoms with Crippen molar-refractivity contribution >= 4 is 23.6 Å². The first kappa shape index (κ1) is 24.9. The molecule has 0 saturated carbocycles. The number of aryl methyl sites for hydroxylation is 1. The summed E-state index contributed by atoms with van der Waals surface area (Å²) in [6.45, 7) is 9.98. The number of nitrogens with zero attached hydrogens (tertiary/aromatic N) is 1. The fourth-order valence-electron chi connectivity index (χ4n) is 3.26. The minimum atomic E-state index is -0.587. The fourth-order valence-corrected chi connectivity index (χ4v) is 4.25. The van der Waals surface area contributed by atoms with Crippen molar-refractivity contribution in [3.63, 3.8) is 0 Å². The lowest BCUT2D eigenvalue weighted by Crippen LogP contribution is -2.53. The second-order valence-corrected chi connectivity index (χ2v) is 9.72. The van der Waals surface area contributed by atoms with E-state index in [1.807, 2.05) is 39.8 Å². The van der Waals surface area contributed by atoms with Crippen LogP contribution in [0.2, 0.25) is 0 Å². The third-order valence-corrected chi connectivity index (χ3v) is 5.86. The lowest BCUT2D eigenvalue weighted by molar-refractivity contribution is -0.140. The summed E-state index contributed by atoms with van der Waals surface area (Å²) in [5.41, 5.74) is 2.79. The lowest BCUT2D eigenvalue weighted by Gasteiger charge is -2.33. The second-order valence-electron chi connectivity index (χ2n) is 8.73. The number of nitrogens with one attached hydrogen (secondary N) is 1. The highest BCUT2D eigenvalue weighted by atomic mass is 32.2.